The summed E-state index contributed by atoms with van der Waals surface area (Å²) in [5.74, 6) is -0.234. The van der Waals surface area contributed by atoms with Crippen molar-refractivity contribution < 1.29 is 9.72 Å². The highest BCUT2D eigenvalue weighted by molar-refractivity contribution is 5.95. The lowest BCUT2D eigenvalue weighted by atomic mass is 10.2. The van der Waals surface area contributed by atoms with Crippen molar-refractivity contribution in [2.45, 2.75) is 13.5 Å². The van der Waals surface area contributed by atoms with Crippen molar-refractivity contribution in [3.8, 4) is 5.69 Å². The highest BCUT2D eigenvalue weighted by Crippen LogP contribution is 2.18. The third kappa shape index (κ3) is 3.52. The maximum absolute atomic E-state index is 12.4. The van der Waals surface area contributed by atoms with Crippen LogP contribution in [0.15, 0.2) is 55.0 Å². The van der Waals surface area contributed by atoms with E-state index in [1.54, 1.807) is 36.1 Å². The predicted octanol–water partition coefficient (Wildman–Crippen LogP) is 2.41. The lowest BCUT2D eigenvalue weighted by Gasteiger charge is -2.06. The summed E-state index contributed by atoms with van der Waals surface area (Å²) < 4.78 is 1.57. The van der Waals surface area contributed by atoms with Crippen molar-refractivity contribution in [1.29, 1.82) is 0 Å². The van der Waals surface area contributed by atoms with Gasteiger partial charge >= 0.3 is 0 Å². The highest BCUT2D eigenvalue weighted by atomic mass is 16.6. The molecule has 1 aromatic carbocycles. The molecule has 0 atom stereocenters. The number of pyridine rings is 1. The predicted molar refractivity (Wildman–Crippen MR) is 90.4 cm³/mol. The van der Waals surface area contributed by atoms with E-state index in [-0.39, 0.29) is 11.6 Å². The van der Waals surface area contributed by atoms with E-state index in [9.17, 15) is 14.9 Å². The second kappa shape index (κ2) is 6.91. The molecule has 3 aromatic rings. The molecule has 0 spiro atoms. The number of amides is 1. The molecule has 2 aromatic heterocycles. The largest absolute Gasteiger partial charge is 0.348 e. The Balaban J connectivity index is 1.76. The summed E-state index contributed by atoms with van der Waals surface area (Å²) in [5.41, 5.74) is 2.71. The third-order valence-corrected chi connectivity index (χ3v) is 3.76. The molecule has 2 heterocycles. The van der Waals surface area contributed by atoms with Gasteiger partial charge in [-0.05, 0) is 36.8 Å². The zero-order valence-electron chi connectivity index (χ0n) is 13.4. The molecule has 1 N–H and O–H groups in total. The van der Waals surface area contributed by atoms with Crippen molar-refractivity contribution in [2.75, 3.05) is 0 Å². The molecule has 0 radical (unpaired) electrons. The fraction of sp³-hybridized carbons (Fsp3) is 0.118. The molecule has 8 heteroatoms. The number of carbonyl (C=O) groups excluding carboxylic acids is 1. The first-order valence-corrected chi connectivity index (χ1v) is 7.53. The molecular formula is C17H15N5O3. The van der Waals surface area contributed by atoms with E-state index in [1.807, 2.05) is 12.1 Å². The van der Waals surface area contributed by atoms with Gasteiger partial charge in [-0.25, -0.2) is 4.68 Å². The van der Waals surface area contributed by atoms with Crippen LogP contribution in [0.5, 0.6) is 0 Å². The van der Waals surface area contributed by atoms with Gasteiger partial charge in [0.25, 0.3) is 11.6 Å². The first-order valence-electron chi connectivity index (χ1n) is 7.53. The van der Waals surface area contributed by atoms with Crippen LogP contribution in [0, 0.1) is 17.0 Å². The van der Waals surface area contributed by atoms with E-state index < -0.39 is 4.92 Å². The molecule has 0 aliphatic rings. The van der Waals surface area contributed by atoms with Gasteiger partial charge in [0.05, 0.1) is 28.1 Å². The van der Waals surface area contributed by atoms with Crippen molar-refractivity contribution in [3.63, 3.8) is 0 Å². The number of carbonyl (C=O) groups is 1. The minimum atomic E-state index is -0.461. The monoisotopic (exact) mass is 337 g/mol. The summed E-state index contributed by atoms with van der Waals surface area (Å²) in [5, 5.41) is 17.8. The Morgan fingerprint density at radius 3 is 2.52 bits per heavy atom. The number of aromatic nitrogens is 3. The van der Waals surface area contributed by atoms with Crippen LogP contribution < -0.4 is 5.32 Å². The minimum absolute atomic E-state index is 0.00359. The van der Waals surface area contributed by atoms with Gasteiger partial charge in [-0.15, -0.1) is 0 Å². The molecule has 0 saturated heterocycles. The summed E-state index contributed by atoms with van der Waals surface area (Å²) in [6.45, 7) is 2.17. The second-order valence-corrected chi connectivity index (χ2v) is 5.37. The third-order valence-electron chi connectivity index (χ3n) is 3.76. The van der Waals surface area contributed by atoms with Gasteiger partial charge in [0.1, 0.15) is 0 Å². The van der Waals surface area contributed by atoms with Gasteiger partial charge < -0.3 is 5.32 Å². The molecule has 1 amide bonds. The molecule has 25 heavy (non-hydrogen) atoms. The maximum atomic E-state index is 12.4. The molecule has 0 bridgehead atoms. The van der Waals surface area contributed by atoms with Crippen LogP contribution in [-0.2, 0) is 6.54 Å². The Labute approximate surface area is 143 Å². The topological polar surface area (TPSA) is 103 Å². The van der Waals surface area contributed by atoms with Gasteiger partial charge in [-0.2, -0.15) is 5.10 Å². The first kappa shape index (κ1) is 16.3. The van der Waals surface area contributed by atoms with Crippen LogP contribution in [-0.4, -0.2) is 25.6 Å². The van der Waals surface area contributed by atoms with E-state index in [0.717, 1.165) is 5.56 Å². The Morgan fingerprint density at radius 2 is 1.88 bits per heavy atom. The van der Waals surface area contributed by atoms with Crippen LogP contribution in [0.2, 0.25) is 0 Å². The summed E-state index contributed by atoms with van der Waals surface area (Å²) >= 11 is 0. The standard InChI is InChI=1S/C17H15N5O3/c1-12-16(17(23)19-10-13-6-8-18-9-7-13)11-20-21(12)14-2-4-15(5-3-14)22(24)25/h2-9,11H,10H2,1H3,(H,19,23). The van der Waals surface area contributed by atoms with Crippen molar-refractivity contribution >= 4 is 11.6 Å². The number of hydrogen-bond donors (Lipinski definition) is 1. The number of nitrogens with one attached hydrogen (secondary N) is 1. The van der Waals surface area contributed by atoms with E-state index in [4.69, 9.17) is 0 Å². The van der Waals surface area contributed by atoms with Gasteiger partial charge in [0.2, 0.25) is 0 Å². The van der Waals surface area contributed by atoms with Crippen molar-refractivity contribution in [1.82, 2.24) is 20.1 Å². The van der Waals surface area contributed by atoms with Crippen LogP contribution in [0.1, 0.15) is 21.6 Å². The molecule has 0 aliphatic heterocycles. The van der Waals surface area contributed by atoms with E-state index in [2.05, 4.69) is 15.4 Å². The fourth-order valence-corrected chi connectivity index (χ4v) is 2.39. The summed E-state index contributed by atoms with van der Waals surface area (Å²) in [4.78, 5) is 26.6. The summed E-state index contributed by atoms with van der Waals surface area (Å²) in [6, 6.07) is 9.65. The number of rotatable bonds is 5. The van der Waals surface area contributed by atoms with Gasteiger partial charge in [-0.3, -0.25) is 19.9 Å². The Hall–Kier alpha value is -3.55. The molecule has 8 nitrogen and oxygen atoms in total. The molecule has 126 valence electrons. The number of nitrogens with zero attached hydrogens (tertiary/aromatic N) is 4. The normalized spacial score (nSPS) is 10.4. The zero-order valence-corrected chi connectivity index (χ0v) is 13.4. The zero-order chi connectivity index (χ0) is 17.8. The molecule has 0 aliphatic carbocycles. The molecular weight excluding hydrogens is 322 g/mol. The van der Waals surface area contributed by atoms with Crippen LogP contribution >= 0.6 is 0 Å². The van der Waals surface area contributed by atoms with Gasteiger partial charge in [0.15, 0.2) is 0 Å². The van der Waals surface area contributed by atoms with E-state index in [0.29, 0.717) is 23.5 Å². The van der Waals surface area contributed by atoms with Crippen LogP contribution in [0.25, 0.3) is 5.69 Å². The number of benzene rings is 1. The average molecular weight is 337 g/mol. The Kier molecular flexibility index (Phi) is 4.51. The molecule has 3 rings (SSSR count). The quantitative estimate of drug-likeness (QED) is 0.569. The Bertz CT molecular complexity index is 904. The van der Waals surface area contributed by atoms with E-state index >= 15 is 0 Å². The average Bonchev–Trinajstić information content (AvgIpc) is 3.02. The number of hydrogen-bond acceptors (Lipinski definition) is 5. The fourth-order valence-electron chi connectivity index (χ4n) is 2.39. The van der Waals surface area contributed by atoms with Crippen molar-refractivity contribution in [2.24, 2.45) is 0 Å². The Morgan fingerprint density at radius 1 is 1.20 bits per heavy atom. The maximum Gasteiger partial charge on any atom is 0.269 e. The second-order valence-electron chi connectivity index (χ2n) is 5.37. The van der Waals surface area contributed by atoms with Crippen LogP contribution in [0.3, 0.4) is 0 Å². The molecule has 0 unspecified atom stereocenters. The smallest absolute Gasteiger partial charge is 0.269 e. The van der Waals surface area contributed by atoms with Crippen molar-refractivity contribution in [3.05, 3.63) is 81.9 Å². The lowest BCUT2D eigenvalue weighted by Crippen LogP contribution is -2.23. The van der Waals surface area contributed by atoms with Crippen LogP contribution in [0.4, 0.5) is 5.69 Å². The number of non-ortho nitro benzene ring substituents is 1. The van der Waals surface area contributed by atoms with E-state index in [1.165, 1.54) is 18.3 Å². The first-order chi connectivity index (χ1) is 12.1. The SMILES string of the molecule is Cc1c(C(=O)NCc2ccncc2)cnn1-c1ccc([N+](=O)[O-])cc1. The number of nitro benzene ring substituents is 1. The lowest BCUT2D eigenvalue weighted by molar-refractivity contribution is -0.384. The van der Waals surface area contributed by atoms with Gasteiger partial charge in [-0.1, -0.05) is 0 Å². The van der Waals surface area contributed by atoms with Gasteiger partial charge in [0, 0.05) is 31.1 Å². The molecule has 0 fully saturated rings. The number of nitro groups is 1. The minimum Gasteiger partial charge on any atom is -0.348 e. The summed E-state index contributed by atoms with van der Waals surface area (Å²) in [6.07, 6.45) is 4.82. The molecule has 0 saturated carbocycles. The highest BCUT2D eigenvalue weighted by Gasteiger charge is 2.15. The summed E-state index contributed by atoms with van der Waals surface area (Å²) in [7, 11) is 0.